The van der Waals surface area contributed by atoms with Crippen molar-refractivity contribution in [1.29, 1.82) is 0 Å². The predicted molar refractivity (Wildman–Crippen MR) is 199 cm³/mol. The molecule has 0 bridgehead atoms. The first-order valence-corrected chi connectivity index (χ1v) is 20.8. The molecule has 0 saturated carbocycles. The number of aryl methyl sites for hydroxylation is 3. The Kier molecular flexibility index (Phi) is 31.4. The lowest BCUT2D eigenvalue weighted by Gasteiger charge is -2.07. The summed E-state index contributed by atoms with van der Waals surface area (Å²) in [4.78, 5) is 0. The molecule has 0 radical (unpaired) electrons. The largest absolute Gasteiger partial charge is 0.205 e. The predicted octanol–water partition coefficient (Wildman–Crippen LogP) is 14.6. The lowest BCUT2D eigenvalue weighted by atomic mass is 10.0. The second-order valence-electron chi connectivity index (χ2n) is 14.5. The first-order valence-electron chi connectivity index (χ1n) is 20.8. The molecule has 0 unspecified atom stereocenters. The maximum atomic E-state index is 2.58. The van der Waals surface area contributed by atoms with Crippen molar-refractivity contribution in [1.82, 2.24) is 0 Å². The third kappa shape index (κ3) is 27.5. The summed E-state index contributed by atoms with van der Waals surface area (Å²) < 4.78 is 2.58. The van der Waals surface area contributed by atoms with Crippen LogP contribution in [0.2, 0.25) is 0 Å². The average Bonchev–Trinajstić information content (AvgIpc) is 3.03. The Morgan fingerprint density at radius 3 is 0.864 bits per heavy atom. The number of pyridine rings is 1. The van der Waals surface area contributed by atoms with Crippen LogP contribution in [0, 0.1) is 0 Å². The van der Waals surface area contributed by atoms with Crippen LogP contribution >= 0.6 is 0 Å². The highest BCUT2D eigenvalue weighted by atomic mass is 14.9. The maximum Gasteiger partial charge on any atom is 0.171 e. The molecule has 258 valence electrons. The molecule has 0 aromatic carbocycles. The first-order chi connectivity index (χ1) is 21.8. The quantitative estimate of drug-likeness (QED) is 0.0530. The van der Waals surface area contributed by atoms with E-state index in [1.54, 1.807) is 11.1 Å². The van der Waals surface area contributed by atoms with Crippen LogP contribution in [-0.4, -0.2) is 0 Å². The number of unbranched alkanes of at least 4 members (excludes halogenated alkanes) is 29. The normalized spacial score (nSPS) is 11.5. The van der Waals surface area contributed by atoms with E-state index in [1.807, 2.05) is 0 Å². The van der Waals surface area contributed by atoms with Gasteiger partial charge in [-0.2, -0.15) is 0 Å². The zero-order valence-corrected chi connectivity index (χ0v) is 30.9. The van der Waals surface area contributed by atoms with Gasteiger partial charge >= 0.3 is 0 Å². The summed E-state index contributed by atoms with van der Waals surface area (Å²) >= 11 is 0. The SMILES string of the molecule is CCCCCCCCCCCCCc1cc(CCCCCCCCCCCCC)c[n+](CCCCCCCCCCCC)c1. The average molecular weight is 613 g/mol. The summed E-state index contributed by atoms with van der Waals surface area (Å²) in [5, 5.41) is 0. The molecular formula is C43H82N+. The van der Waals surface area contributed by atoms with Gasteiger partial charge < -0.3 is 0 Å². The Bertz CT molecular complexity index is 650. The minimum atomic E-state index is 1.22. The molecule has 0 fully saturated rings. The Labute approximate surface area is 279 Å². The molecular weight excluding hydrogens is 530 g/mol. The minimum absolute atomic E-state index is 1.22. The number of hydrogen-bond acceptors (Lipinski definition) is 0. The molecule has 0 aliphatic heterocycles. The van der Waals surface area contributed by atoms with Crippen LogP contribution in [0.3, 0.4) is 0 Å². The highest BCUT2D eigenvalue weighted by Crippen LogP contribution is 2.16. The monoisotopic (exact) mass is 613 g/mol. The molecule has 0 saturated heterocycles. The van der Waals surface area contributed by atoms with Crippen molar-refractivity contribution in [2.24, 2.45) is 0 Å². The van der Waals surface area contributed by atoms with Crippen molar-refractivity contribution in [2.75, 3.05) is 0 Å². The number of aromatic nitrogens is 1. The molecule has 1 aromatic rings. The molecule has 0 aliphatic carbocycles. The fraction of sp³-hybridized carbons (Fsp3) is 0.884. The lowest BCUT2D eigenvalue weighted by Crippen LogP contribution is -2.34. The lowest BCUT2D eigenvalue weighted by molar-refractivity contribution is -0.698. The summed E-state index contributed by atoms with van der Waals surface area (Å²) in [5.74, 6) is 0. The summed E-state index contributed by atoms with van der Waals surface area (Å²) in [7, 11) is 0. The molecule has 1 nitrogen and oxygen atoms in total. The number of nitrogens with zero attached hydrogens (tertiary/aromatic N) is 1. The van der Waals surface area contributed by atoms with Gasteiger partial charge in [0.1, 0.15) is 6.54 Å². The summed E-state index contributed by atoms with van der Waals surface area (Å²) in [6, 6.07) is 2.57. The van der Waals surface area contributed by atoms with Crippen molar-refractivity contribution in [3.8, 4) is 0 Å². The summed E-state index contributed by atoms with van der Waals surface area (Å²) in [6.07, 6.45) is 53.3. The molecule has 0 atom stereocenters. The van der Waals surface area contributed by atoms with E-state index in [0.29, 0.717) is 0 Å². The van der Waals surface area contributed by atoms with Gasteiger partial charge in [-0.05, 0) is 38.2 Å². The van der Waals surface area contributed by atoms with Crippen LogP contribution in [0.15, 0.2) is 18.5 Å². The van der Waals surface area contributed by atoms with Crippen LogP contribution in [0.25, 0.3) is 0 Å². The zero-order valence-electron chi connectivity index (χ0n) is 30.9. The molecule has 0 N–H and O–H groups in total. The Morgan fingerprint density at radius 1 is 0.318 bits per heavy atom. The Hall–Kier alpha value is -0.850. The first kappa shape index (κ1) is 41.2. The molecule has 44 heavy (non-hydrogen) atoms. The zero-order chi connectivity index (χ0) is 31.6. The van der Waals surface area contributed by atoms with E-state index in [-0.39, 0.29) is 0 Å². The van der Waals surface area contributed by atoms with Crippen LogP contribution in [0.1, 0.15) is 237 Å². The van der Waals surface area contributed by atoms with Gasteiger partial charge in [-0.25, -0.2) is 4.57 Å². The van der Waals surface area contributed by atoms with E-state index in [2.05, 4.69) is 43.8 Å². The molecule has 0 spiro atoms. The molecule has 0 amide bonds. The van der Waals surface area contributed by atoms with E-state index in [4.69, 9.17) is 0 Å². The minimum Gasteiger partial charge on any atom is -0.205 e. The van der Waals surface area contributed by atoms with Crippen molar-refractivity contribution in [2.45, 2.75) is 246 Å². The van der Waals surface area contributed by atoms with Crippen molar-refractivity contribution in [3.63, 3.8) is 0 Å². The van der Waals surface area contributed by atoms with Gasteiger partial charge in [0.25, 0.3) is 0 Å². The van der Waals surface area contributed by atoms with Gasteiger partial charge in [0.15, 0.2) is 12.4 Å². The van der Waals surface area contributed by atoms with Gasteiger partial charge in [-0.1, -0.05) is 201 Å². The third-order valence-electron chi connectivity index (χ3n) is 9.94. The van der Waals surface area contributed by atoms with E-state index in [9.17, 15) is 0 Å². The standard InChI is InChI=1S/C43H82N/c1-4-7-10-13-16-19-22-24-27-30-33-36-42-39-43(37-34-31-28-25-23-20-17-14-11-8-5-2)41-44(40-42)38-35-32-29-26-21-18-15-12-9-6-3/h39-41H,4-38H2,1-3H3/q+1. The molecule has 1 rings (SSSR count). The molecule has 1 heteroatoms. The maximum absolute atomic E-state index is 2.58. The summed E-state index contributed by atoms with van der Waals surface area (Å²) in [5.41, 5.74) is 3.21. The van der Waals surface area contributed by atoms with Crippen LogP contribution in [-0.2, 0) is 19.4 Å². The smallest absolute Gasteiger partial charge is 0.171 e. The van der Waals surface area contributed by atoms with Gasteiger partial charge in [0.2, 0.25) is 0 Å². The molecule has 1 heterocycles. The topological polar surface area (TPSA) is 3.88 Å². The van der Waals surface area contributed by atoms with Crippen LogP contribution in [0.4, 0.5) is 0 Å². The fourth-order valence-electron chi connectivity index (χ4n) is 6.95. The Morgan fingerprint density at radius 2 is 0.568 bits per heavy atom. The van der Waals surface area contributed by atoms with Crippen LogP contribution < -0.4 is 4.57 Å². The fourth-order valence-corrected chi connectivity index (χ4v) is 6.95. The van der Waals surface area contributed by atoms with Gasteiger partial charge in [0.05, 0.1) is 0 Å². The van der Waals surface area contributed by atoms with E-state index < -0.39 is 0 Å². The van der Waals surface area contributed by atoms with Crippen molar-refractivity contribution in [3.05, 3.63) is 29.6 Å². The molecule has 0 aliphatic rings. The van der Waals surface area contributed by atoms with E-state index in [1.165, 1.54) is 225 Å². The van der Waals surface area contributed by atoms with Crippen LogP contribution in [0.5, 0.6) is 0 Å². The van der Waals surface area contributed by atoms with Gasteiger partial charge in [0, 0.05) is 17.5 Å². The van der Waals surface area contributed by atoms with E-state index >= 15 is 0 Å². The second kappa shape index (κ2) is 33.5. The summed E-state index contributed by atoms with van der Waals surface area (Å²) in [6.45, 7) is 8.16. The highest BCUT2D eigenvalue weighted by Gasteiger charge is 2.09. The molecule has 1 aromatic heterocycles. The highest BCUT2D eigenvalue weighted by molar-refractivity contribution is 5.15. The third-order valence-corrected chi connectivity index (χ3v) is 9.94. The van der Waals surface area contributed by atoms with E-state index in [0.717, 1.165) is 0 Å². The number of rotatable bonds is 35. The Balaban J connectivity index is 2.34. The van der Waals surface area contributed by atoms with Gasteiger partial charge in [-0.15, -0.1) is 0 Å². The number of hydrogen-bond donors (Lipinski definition) is 0. The van der Waals surface area contributed by atoms with Gasteiger partial charge in [-0.3, -0.25) is 0 Å². The van der Waals surface area contributed by atoms with Crippen molar-refractivity contribution >= 4 is 0 Å². The van der Waals surface area contributed by atoms with Crippen molar-refractivity contribution < 1.29 is 4.57 Å². The second-order valence-corrected chi connectivity index (χ2v) is 14.5.